The number of likely N-dealkylation sites (N-methyl/N-ethyl adjacent to an activating group) is 2. The summed E-state index contributed by atoms with van der Waals surface area (Å²) < 4.78 is 18.5. The van der Waals surface area contributed by atoms with Gasteiger partial charge in [0, 0.05) is 38.6 Å². The molecule has 1 N–H and O–H groups in total. The summed E-state index contributed by atoms with van der Waals surface area (Å²) in [5, 5.41) is 2.85. The summed E-state index contributed by atoms with van der Waals surface area (Å²) >= 11 is 0. The standard InChI is InChI=1S/C16H24FN3O2/c1-19-6-7-20(2)13(11-19)9-16(21)18-10-12-4-5-15(22-3)14(17)8-12/h4-5,8,13H,6-7,9-11H2,1-3H3,(H,18,21). The number of benzene rings is 1. The molecule has 1 amide bonds. The fourth-order valence-electron chi connectivity index (χ4n) is 2.63. The highest BCUT2D eigenvalue weighted by molar-refractivity contribution is 5.76. The smallest absolute Gasteiger partial charge is 0.221 e. The second kappa shape index (κ2) is 7.56. The number of rotatable bonds is 5. The van der Waals surface area contributed by atoms with Gasteiger partial charge in [-0.15, -0.1) is 0 Å². The third kappa shape index (κ3) is 4.42. The molecule has 0 radical (unpaired) electrons. The molecule has 1 aromatic carbocycles. The van der Waals surface area contributed by atoms with E-state index in [4.69, 9.17) is 4.74 Å². The maximum Gasteiger partial charge on any atom is 0.221 e. The Kier molecular flexibility index (Phi) is 5.74. The van der Waals surface area contributed by atoms with Crippen molar-refractivity contribution in [1.29, 1.82) is 0 Å². The number of hydrogen-bond donors (Lipinski definition) is 1. The molecule has 2 rings (SSSR count). The van der Waals surface area contributed by atoms with E-state index >= 15 is 0 Å². The zero-order valence-electron chi connectivity index (χ0n) is 13.4. The normalized spacial score (nSPS) is 19.9. The van der Waals surface area contributed by atoms with Gasteiger partial charge in [0.1, 0.15) is 0 Å². The zero-order valence-corrected chi connectivity index (χ0v) is 13.4. The van der Waals surface area contributed by atoms with Crippen molar-refractivity contribution in [3.8, 4) is 5.75 Å². The summed E-state index contributed by atoms with van der Waals surface area (Å²) in [4.78, 5) is 16.5. The molecule has 0 spiro atoms. The van der Waals surface area contributed by atoms with Gasteiger partial charge in [0.25, 0.3) is 0 Å². The van der Waals surface area contributed by atoms with Crippen LogP contribution in [0.15, 0.2) is 18.2 Å². The van der Waals surface area contributed by atoms with E-state index in [2.05, 4.69) is 22.2 Å². The number of halogens is 1. The van der Waals surface area contributed by atoms with Crippen LogP contribution in [0, 0.1) is 5.82 Å². The first-order valence-corrected chi connectivity index (χ1v) is 7.47. The molecule has 1 unspecified atom stereocenters. The SMILES string of the molecule is COc1ccc(CNC(=O)CC2CN(C)CCN2C)cc1F. The van der Waals surface area contributed by atoms with Gasteiger partial charge in [-0.05, 0) is 31.8 Å². The average Bonchev–Trinajstić information content (AvgIpc) is 2.49. The number of amides is 1. The molecule has 1 saturated heterocycles. The van der Waals surface area contributed by atoms with Gasteiger partial charge in [0.2, 0.25) is 5.91 Å². The van der Waals surface area contributed by atoms with Crippen LogP contribution in [0.4, 0.5) is 4.39 Å². The Balaban J connectivity index is 1.83. The Labute approximate surface area is 131 Å². The van der Waals surface area contributed by atoms with Crippen LogP contribution in [0.5, 0.6) is 5.75 Å². The number of piperazine rings is 1. The first-order valence-electron chi connectivity index (χ1n) is 7.47. The van der Waals surface area contributed by atoms with Gasteiger partial charge in [0.05, 0.1) is 7.11 Å². The summed E-state index contributed by atoms with van der Waals surface area (Å²) in [6.45, 7) is 3.21. The molecule has 1 heterocycles. The Hall–Kier alpha value is -1.66. The van der Waals surface area contributed by atoms with Crippen LogP contribution in [0.3, 0.4) is 0 Å². The van der Waals surface area contributed by atoms with Crippen LogP contribution in [-0.2, 0) is 11.3 Å². The second-order valence-electron chi connectivity index (χ2n) is 5.85. The van der Waals surface area contributed by atoms with Crippen molar-refractivity contribution in [2.75, 3.05) is 40.8 Å². The predicted octanol–water partition coefficient (Wildman–Crippen LogP) is 1.09. The molecule has 5 nitrogen and oxygen atoms in total. The molecule has 122 valence electrons. The highest BCUT2D eigenvalue weighted by atomic mass is 19.1. The lowest BCUT2D eigenvalue weighted by molar-refractivity contribution is -0.122. The van der Waals surface area contributed by atoms with Crippen LogP contribution >= 0.6 is 0 Å². The molecule has 0 saturated carbocycles. The first-order chi connectivity index (χ1) is 10.5. The van der Waals surface area contributed by atoms with Gasteiger partial charge in [-0.3, -0.25) is 4.79 Å². The van der Waals surface area contributed by atoms with Crippen LogP contribution in [-0.4, -0.2) is 62.6 Å². The minimum Gasteiger partial charge on any atom is -0.494 e. The summed E-state index contributed by atoms with van der Waals surface area (Å²) in [5.41, 5.74) is 0.723. The third-order valence-electron chi connectivity index (χ3n) is 4.11. The molecular weight excluding hydrogens is 285 g/mol. The van der Waals surface area contributed by atoms with E-state index in [-0.39, 0.29) is 17.7 Å². The number of ether oxygens (including phenoxy) is 1. The van der Waals surface area contributed by atoms with Crippen molar-refractivity contribution in [1.82, 2.24) is 15.1 Å². The lowest BCUT2D eigenvalue weighted by Gasteiger charge is -2.37. The van der Waals surface area contributed by atoms with Crippen molar-refractivity contribution in [3.63, 3.8) is 0 Å². The van der Waals surface area contributed by atoms with Gasteiger partial charge < -0.3 is 19.9 Å². The number of methoxy groups -OCH3 is 1. The molecule has 1 atom stereocenters. The lowest BCUT2D eigenvalue weighted by atomic mass is 10.1. The van der Waals surface area contributed by atoms with E-state index in [0.29, 0.717) is 13.0 Å². The van der Waals surface area contributed by atoms with Gasteiger partial charge >= 0.3 is 0 Å². The van der Waals surface area contributed by atoms with Crippen LogP contribution < -0.4 is 10.1 Å². The van der Waals surface area contributed by atoms with Crippen molar-refractivity contribution in [2.45, 2.75) is 19.0 Å². The topological polar surface area (TPSA) is 44.8 Å². The Morgan fingerprint density at radius 2 is 2.18 bits per heavy atom. The molecule has 0 aliphatic carbocycles. The van der Waals surface area contributed by atoms with E-state index in [1.165, 1.54) is 13.2 Å². The molecule has 1 aliphatic heterocycles. The minimum atomic E-state index is -0.414. The average molecular weight is 309 g/mol. The number of hydrogen-bond acceptors (Lipinski definition) is 4. The van der Waals surface area contributed by atoms with E-state index < -0.39 is 5.82 Å². The summed E-state index contributed by atoms with van der Waals surface area (Å²) in [6, 6.07) is 4.94. The van der Waals surface area contributed by atoms with Crippen LogP contribution in [0.25, 0.3) is 0 Å². The zero-order chi connectivity index (χ0) is 16.1. The Morgan fingerprint density at radius 1 is 1.41 bits per heavy atom. The van der Waals surface area contributed by atoms with Crippen molar-refractivity contribution >= 4 is 5.91 Å². The van der Waals surface area contributed by atoms with Gasteiger partial charge in [-0.1, -0.05) is 6.07 Å². The minimum absolute atomic E-state index is 0.0108. The predicted molar refractivity (Wildman–Crippen MR) is 83.3 cm³/mol. The fourth-order valence-corrected chi connectivity index (χ4v) is 2.63. The largest absolute Gasteiger partial charge is 0.494 e. The molecule has 0 bridgehead atoms. The molecule has 1 aromatic rings. The lowest BCUT2D eigenvalue weighted by Crippen LogP contribution is -2.51. The van der Waals surface area contributed by atoms with Gasteiger partial charge in [0.15, 0.2) is 11.6 Å². The van der Waals surface area contributed by atoms with Crippen LogP contribution in [0.2, 0.25) is 0 Å². The van der Waals surface area contributed by atoms with Crippen LogP contribution in [0.1, 0.15) is 12.0 Å². The number of carbonyl (C=O) groups is 1. The van der Waals surface area contributed by atoms with Crippen molar-refractivity contribution < 1.29 is 13.9 Å². The summed E-state index contributed by atoms with van der Waals surface area (Å²) in [7, 11) is 5.54. The first kappa shape index (κ1) is 16.7. The van der Waals surface area contributed by atoms with Gasteiger partial charge in [-0.2, -0.15) is 0 Å². The van der Waals surface area contributed by atoms with E-state index in [1.54, 1.807) is 12.1 Å². The molecule has 0 aromatic heterocycles. The number of nitrogens with one attached hydrogen (secondary N) is 1. The highest BCUT2D eigenvalue weighted by Gasteiger charge is 2.24. The Morgan fingerprint density at radius 3 is 2.86 bits per heavy atom. The van der Waals surface area contributed by atoms with Crippen molar-refractivity contribution in [2.24, 2.45) is 0 Å². The fraction of sp³-hybridized carbons (Fsp3) is 0.562. The third-order valence-corrected chi connectivity index (χ3v) is 4.11. The van der Waals surface area contributed by atoms with E-state index in [0.717, 1.165) is 25.2 Å². The van der Waals surface area contributed by atoms with Gasteiger partial charge in [-0.25, -0.2) is 4.39 Å². The molecular formula is C16H24FN3O2. The maximum absolute atomic E-state index is 13.6. The maximum atomic E-state index is 13.6. The quantitative estimate of drug-likeness (QED) is 0.884. The summed E-state index contributed by atoms with van der Waals surface area (Å²) in [6.07, 6.45) is 0.458. The monoisotopic (exact) mass is 309 g/mol. The van der Waals surface area contributed by atoms with Crippen molar-refractivity contribution in [3.05, 3.63) is 29.6 Å². The van der Waals surface area contributed by atoms with E-state index in [1.807, 2.05) is 7.05 Å². The second-order valence-corrected chi connectivity index (χ2v) is 5.85. The Bertz CT molecular complexity index is 524. The molecule has 22 heavy (non-hydrogen) atoms. The summed E-state index contributed by atoms with van der Waals surface area (Å²) in [5.74, 6) is -0.215. The number of carbonyl (C=O) groups excluding carboxylic acids is 1. The molecule has 6 heteroatoms. The highest BCUT2D eigenvalue weighted by Crippen LogP contribution is 2.17. The van der Waals surface area contributed by atoms with E-state index in [9.17, 15) is 9.18 Å². The molecule has 1 fully saturated rings. The molecule has 1 aliphatic rings. The number of nitrogens with zero attached hydrogens (tertiary/aromatic N) is 2.